The van der Waals surface area contributed by atoms with Gasteiger partial charge in [0.2, 0.25) is 5.43 Å². The topological polar surface area (TPSA) is 124 Å². The number of rotatable bonds is 3. The van der Waals surface area contributed by atoms with Crippen LogP contribution in [0.25, 0.3) is 22.1 Å². The van der Waals surface area contributed by atoms with Gasteiger partial charge >= 0.3 is 6.09 Å². The molecule has 1 fully saturated rings. The Labute approximate surface area is 217 Å². The van der Waals surface area contributed by atoms with E-state index in [1.54, 1.807) is 35.4 Å². The molecule has 1 amide bonds. The third-order valence-electron chi connectivity index (χ3n) is 5.82. The number of halogens is 1. The number of hydrogen-bond acceptors (Lipinski definition) is 9. The van der Waals surface area contributed by atoms with Crippen molar-refractivity contribution in [2.24, 2.45) is 0 Å². The molecule has 37 heavy (non-hydrogen) atoms. The molecule has 1 aromatic carbocycles. The Morgan fingerprint density at radius 2 is 1.86 bits per heavy atom. The summed E-state index contributed by atoms with van der Waals surface area (Å²) in [5.41, 5.74) is 5.85. The molecule has 10 nitrogen and oxygen atoms in total. The Morgan fingerprint density at radius 1 is 1.11 bits per heavy atom. The predicted molar refractivity (Wildman–Crippen MR) is 142 cm³/mol. The van der Waals surface area contributed by atoms with Crippen molar-refractivity contribution in [3.63, 3.8) is 0 Å². The number of benzene rings is 1. The molecule has 11 heteroatoms. The zero-order valence-corrected chi connectivity index (χ0v) is 21.4. The monoisotopic (exact) mass is 523 g/mol. The zero-order valence-electron chi connectivity index (χ0n) is 20.7. The second-order valence-corrected chi connectivity index (χ2v) is 10.1. The Balaban J connectivity index is 1.30. The molecule has 0 unspecified atom stereocenters. The zero-order chi connectivity index (χ0) is 26.3. The highest BCUT2D eigenvalue weighted by Gasteiger charge is 2.26. The van der Waals surface area contributed by atoms with Crippen molar-refractivity contribution in [3.8, 4) is 11.5 Å². The number of piperazine rings is 1. The van der Waals surface area contributed by atoms with Crippen LogP contribution in [0, 0.1) is 0 Å². The summed E-state index contributed by atoms with van der Waals surface area (Å²) in [6.45, 7) is 7.90. The number of carbonyl (C=O) groups excluding carboxylic acids is 1. The number of fused-ring (bicyclic) bond motifs is 2. The third kappa shape index (κ3) is 5.10. The number of pyridine rings is 2. The number of hydrogen-bond donors (Lipinski definition) is 1. The van der Waals surface area contributed by atoms with E-state index in [4.69, 9.17) is 31.2 Å². The molecule has 0 atom stereocenters. The Kier molecular flexibility index (Phi) is 6.28. The average Bonchev–Trinajstić information content (AvgIpc) is 2.85. The van der Waals surface area contributed by atoms with Gasteiger partial charge in [-0.1, -0.05) is 17.7 Å². The van der Waals surface area contributed by atoms with Gasteiger partial charge in [-0.2, -0.15) is 0 Å². The van der Waals surface area contributed by atoms with Gasteiger partial charge in [0.25, 0.3) is 0 Å². The summed E-state index contributed by atoms with van der Waals surface area (Å²) in [5.74, 6) is 1.47. The van der Waals surface area contributed by atoms with Gasteiger partial charge in [-0.05, 0) is 45.0 Å². The quantitative estimate of drug-likeness (QED) is 0.376. The van der Waals surface area contributed by atoms with Crippen LogP contribution in [0.5, 0.6) is 11.5 Å². The highest BCUT2D eigenvalue weighted by Crippen LogP contribution is 2.31. The molecule has 0 radical (unpaired) electrons. The summed E-state index contributed by atoms with van der Waals surface area (Å²) in [6, 6.07) is 10.1. The van der Waals surface area contributed by atoms with Gasteiger partial charge in [0.1, 0.15) is 22.8 Å². The highest BCUT2D eigenvalue weighted by atomic mass is 35.5. The lowest BCUT2D eigenvalue weighted by atomic mass is 10.2. The molecule has 3 aromatic heterocycles. The molecule has 4 heterocycles. The number of aromatic nitrogens is 2. The van der Waals surface area contributed by atoms with Gasteiger partial charge in [-0.3, -0.25) is 4.79 Å². The van der Waals surface area contributed by atoms with Crippen LogP contribution in [-0.2, 0) is 4.74 Å². The summed E-state index contributed by atoms with van der Waals surface area (Å²) in [5, 5.41) is 0.537. The van der Waals surface area contributed by atoms with E-state index in [0.717, 1.165) is 5.82 Å². The molecular formula is C26H26ClN5O5. The van der Waals surface area contributed by atoms with Crippen molar-refractivity contribution in [2.75, 3.05) is 36.8 Å². The van der Waals surface area contributed by atoms with E-state index < -0.39 is 5.60 Å². The first kappa shape index (κ1) is 24.6. The van der Waals surface area contributed by atoms with Gasteiger partial charge in [0, 0.05) is 32.2 Å². The number of anilines is 2. The van der Waals surface area contributed by atoms with Crippen LogP contribution in [-0.4, -0.2) is 52.7 Å². The van der Waals surface area contributed by atoms with E-state index in [0.29, 0.717) is 37.5 Å². The molecular weight excluding hydrogens is 498 g/mol. The first-order valence-electron chi connectivity index (χ1n) is 11.8. The molecule has 0 bridgehead atoms. The van der Waals surface area contributed by atoms with Crippen LogP contribution < -0.4 is 20.8 Å². The van der Waals surface area contributed by atoms with Crippen LogP contribution >= 0.6 is 11.6 Å². The maximum absolute atomic E-state index is 12.9. The number of nitrogens with two attached hydrogens (primary N) is 1. The lowest BCUT2D eigenvalue weighted by Crippen LogP contribution is -2.50. The van der Waals surface area contributed by atoms with Crippen LogP contribution in [0.2, 0.25) is 5.02 Å². The standard InChI is InChI=1S/C26H26ClN5O5/c1-26(2,3)37-25(34)32-11-9-31(10-12-32)20-8-7-15(14-29-20)35-19-13-18-22(30-24(19)28)23(33)21-16(27)5-4-6-17(21)36-18/h4-8,13-14H,9-12H2,1-3H3,(H2,28,30). The fourth-order valence-electron chi connectivity index (χ4n) is 4.05. The van der Waals surface area contributed by atoms with E-state index in [1.165, 1.54) is 6.07 Å². The highest BCUT2D eigenvalue weighted by molar-refractivity contribution is 6.35. The van der Waals surface area contributed by atoms with Crippen molar-refractivity contribution in [2.45, 2.75) is 26.4 Å². The van der Waals surface area contributed by atoms with E-state index in [2.05, 4.69) is 14.9 Å². The van der Waals surface area contributed by atoms with Gasteiger partial charge in [-0.15, -0.1) is 0 Å². The van der Waals surface area contributed by atoms with Gasteiger partial charge in [0.15, 0.2) is 22.7 Å². The first-order valence-corrected chi connectivity index (χ1v) is 12.2. The maximum Gasteiger partial charge on any atom is 0.410 e. The predicted octanol–water partition coefficient (Wildman–Crippen LogP) is 4.82. The van der Waals surface area contributed by atoms with E-state index >= 15 is 0 Å². The summed E-state index contributed by atoms with van der Waals surface area (Å²) in [4.78, 5) is 37.7. The molecule has 5 rings (SSSR count). The van der Waals surface area contributed by atoms with E-state index in [1.807, 2.05) is 26.8 Å². The van der Waals surface area contributed by atoms with Crippen molar-refractivity contribution in [3.05, 3.63) is 57.8 Å². The maximum atomic E-state index is 12.9. The minimum absolute atomic E-state index is 0.0357. The number of amides is 1. The molecule has 0 saturated carbocycles. The van der Waals surface area contributed by atoms with Gasteiger partial charge in [0.05, 0.1) is 16.6 Å². The minimum Gasteiger partial charge on any atom is -0.454 e. The van der Waals surface area contributed by atoms with E-state index in [9.17, 15) is 9.59 Å². The summed E-state index contributed by atoms with van der Waals surface area (Å²) in [6.07, 6.45) is 1.27. The van der Waals surface area contributed by atoms with Crippen molar-refractivity contribution < 1.29 is 18.7 Å². The fourth-order valence-corrected chi connectivity index (χ4v) is 4.30. The van der Waals surface area contributed by atoms with Crippen molar-refractivity contribution in [1.29, 1.82) is 0 Å². The van der Waals surface area contributed by atoms with Crippen LogP contribution in [0.3, 0.4) is 0 Å². The van der Waals surface area contributed by atoms with Gasteiger partial charge < -0.3 is 29.4 Å². The summed E-state index contributed by atoms with van der Waals surface area (Å²) >= 11 is 6.18. The van der Waals surface area contributed by atoms with Crippen LogP contribution in [0.4, 0.5) is 16.4 Å². The smallest absolute Gasteiger partial charge is 0.410 e. The lowest BCUT2D eigenvalue weighted by Gasteiger charge is -2.36. The summed E-state index contributed by atoms with van der Waals surface area (Å²) in [7, 11) is 0. The number of nitrogen functional groups attached to an aromatic ring is 1. The molecule has 4 aromatic rings. The number of carbonyl (C=O) groups is 1. The lowest BCUT2D eigenvalue weighted by molar-refractivity contribution is 0.0240. The normalized spacial score (nSPS) is 14.3. The molecule has 1 aliphatic heterocycles. The molecule has 1 aliphatic rings. The second-order valence-electron chi connectivity index (χ2n) is 9.67. The molecule has 1 saturated heterocycles. The van der Waals surface area contributed by atoms with E-state index in [-0.39, 0.29) is 44.6 Å². The van der Waals surface area contributed by atoms with Crippen LogP contribution in [0.1, 0.15) is 20.8 Å². The number of ether oxygens (including phenoxy) is 2. The SMILES string of the molecule is CC(C)(C)OC(=O)N1CCN(c2ccc(Oc3cc4oc5cccc(Cl)c5c(=O)c4nc3N)cn2)CC1. The molecule has 0 spiro atoms. The van der Waals surface area contributed by atoms with Crippen LogP contribution in [0.15, 0.2) is 51.8 Å². The third-order valence-corrected chi connectivity index (χ3v) is 6.14. The largest absolute Gasteiger partial charge is 0.454 e. The second kappa shape index (κ2) is 9.44. The average molecular weight is 524 g/mol. The van der Waals surface area contributed by atoms with Gasteiger partial charge in [-0.25, -0.2) is 14.8 Å². The molecule has 192 valence electrons. The Bertz CT molecular complexity index is 1540. The Hall–Kier alpha value is -4.05. The molecule has 2 N–H and O–H groups in total. The van der Waals surface area contributed by atoms with Crippen molar-refractivity contribution in [1.82, 2.24) is 14.9 Å². The summed E-state index contributed by atoms with van der Waals surface area (Å²) < 4.78 is 17.2. The Morgan fingerprint density at radius 3 is 2.54 bits per heavy atom. The first-order chi connectivity index (χ1) is 17.6. The molecule has 0 aliphatic carbocycles. The minimum atomic E-state index is -0.525. The van der Waals surface area contributed by atoms with Crippen molar-refractivity contribution >= 4 is 51.4 Å². The number of nitrogens with zero attached hydrogens (tertiary/aromatic N) is 4. The fraction of sp³-hybridized carbons (Fsp3) is 0.308.